The van der Waals surface area contributed by atoms with Crippen molar-refractivity contribution in [3.05, 3.63) is 82.8 Å². The van der Waals surface area contributed by atoms with Crippen molar-refractivity contribution in [1.82, 2.24) is 29.4 Å². The molecule has 0 atom stereocenters. The molecule has 0 aromatic heterocycles. The third kappa shape index (κ3) is 10.0. The van der Waals surface area contributed by atoms with E-state index in [1.807, 2.05) is 0 Å². The molecule has 6 nitrogen and oxygen atoms in total. The normalized spacial score (nSPS) is 24.4. The minimum atomic E-state index is 0.277. The fourth-order valence-electron chi connectivity index (χ4n) is 5.55. The van der Waals surface area contributed by atoms with Crippen LogP contribution in [0.1, 0.15) is 25.7 Å². The van der Waals surface area contributed by atoms with Crippen LogP contribution in [-0.4, -0.2) is 114 Å². The van der Waals surface area contributed by atoms with E-state index in [0.29, 0.717) is 0 Å². The Kier molecular flexibility index (Phi) is 11.7. The average molecular weight is 523 g/mol. The first kappa shape index (κ1) is 31.2. The van der Waals surface area contributed by atoms with Gasteiger partial charge in [-0.1, -0.05) is 12.2 Å². The molecule has 0 spiro atoms. The SMILES string of the molecule is CN(C)C=C1CC(=CN(C)C)C(C=CC2C(=CN(C)C)CC(=CN(C)C)CC2=CN(C)C)C(=CN(C)C)C1. The Hall–Kier alpha value is -3.02. The molecule has 0 unspecified atom stereocenters. The Morgan fingerprint density at radius 3 is 0.763 bits per heavy atom. The molecular weight excluding hydrogens is 468 g/mol. The van der Waals surface area contributed by atoms with Gasteiger partial charge in [-0.15, -0.1) is 0 Å². The molecule has 2 aliphatic carbocycles. The van der Waals surface area contributed by atoms with Gasteiger partial charge in [-0.05, 0) is 96.3 Å². The second-order valence-corrected chi connectivity index (χ2v) is 12.2. The lowest BCUT2D eigenvalue weighted by molar-refractivity contribution is 0.516. The maximum atomic E-state index is 2.48. The minimum absolute atomic E-state index is 0.277. The maximum absolute atomic E-state index is 2.48. The molecular formula is C32H54N6. The monoisotopic (exact) mass is 522 g/mol. The zero-order chi connectivity index (χ0) is 28.6. The molecule has 0 N–H and O–H groups in total. The minimum Gasteiger partial charge on any atom is -0.384 e. The Bertz CT molecular complexity index is 859. The van der Waals surface area contributed by atoms with Crippen LogP contribution in [0.2, 0.25) is 0 Å². The molecule has 0 radical (unpaired) electrons. The number of hydrogen-bond acceptors (Lipinski definition) is 6. The molecule has 2 fully saturated rings. The van der Waals surface area contributed by atoms with Crippen LogP contribution in [0.5, 0.6) is 0 Å². The second-order valence-electron chi connectivity index (χ2n) is 12.2. The summed E-state index contributed by atoms with van der Waals surface area (Å²) < 4.78 is 0. The Balaban J connectivity index is 2.62. The highest BCUT2D eigenvalue weighted by atomic mass is 15.1. The predicted molar refractivity (Wildman–Crippen MR) is 165 cm³/mol. The smallest absolute Gasteiger partial charge is 0.0228 e. The Morgan fingerprint density at radius 1 is 0.368 bits per heavy atom. The van der Waals surface area contributed by atoms with Crippen molar-refractivity contribution >= 4 is 0 Å². The van der Waals surface area contributed by atoms with Crippen molar-refractivity contribution in [2.45, 2.75) is 25.7 Å². The number of hydrogen-bond donors (Lipinski definition) is 0. The molecule has 38 heavy (non-hydrogen) atoms. The van der Waals surface area contributed by atoms with E-state index in [2.05, 4.69) is 163 Å². The number of nitrogens with zero attached hydrogens (tertiary/aromatic N) is 6. The van der Waals surface area contributed by atoms with E-state index in [4.69, 9.17) is 0 Å². The van der Waals surface area contributed by atoms with Gasteiger partial charge in [0.05, 0.1) is 0 Å². The van der Waals surface area contributed by atoms with Crippen LogP contribution in [0.4, 0.5) is 0 Å². The van der Waals surface area contributed by atoms with Gasteiger partial charge < -0.3 is 29.4 Å². The summed E-state index contributed by atoms with van der Waals surface area (Å²) in [4.78, 5) is 13.1. The largest absolute Gasteiger partial charge is 0.384 e. The van der Waals surface area contributed by atoms with E-state index in [-0.39, 0.29) is 11.8 Å². The highest BCUT2D eigenvalue weighted by molar-refractivity contribution is 5.42. The molecule has 0 amide bonds. The quantitative estimate of drug-likeness (QED) is 0.413. The van der Waals surface area contributed by atoms with Gasteiger partial charge in [-0.3, -0.25) is 0 Å². The second kappa shape index (κ2) is 14.2. The fraction of sp³-hybridized carbons (Fsp3) is 0.562. The van der Waals surface area contributed by atoms with Crippen LogP contribution >= 0.6 is 0 Å². The van der Waals surface area contributed by atoms with Crippen LogP contribution in [0.25, 0.3) is 0 Å². The zero-order valence-corrected chi connectivity index (χ0v) is 26.3. The summed E-state index contributed by atoms with van der Waals surface area (Å²) in [7, 11) is 25.5. The molecule has 212 valence electrons. The third-order valence-corrected chi connectivity index (χ3v) is 6.40. The first-order chi connectivity index (χ1) is 17.7. The van der Waals surface area contributed by atoms with Crippen molar-refractivity contribution in [2.24, 2.45) is 11.8 Å². The fourth-order valence-corrected chi connectivity index (χ4v) is 5.55. The standard InChI is InChI=1S/C32H54N6/c1-33(2)19-25-15-27(21-35(5)6)31(28(16-25)22-36(7)8)13-14-32-29(23-37(9)10)17-26(20-34(3)4)18-30(32)24-38(11)12/h13-14,19-24,31-32H,15-18H2,1-12H3. The van der Waals surface area contributed by atoms with Crippen LogP contribution in [0.3, 0.4) is 0 Å². The molecule has 0 bridgehead atoms. The molecule has 6 heteroatoms. The van der Waals surface area contributed by atoms with Crippen molar-refractivity contribution in [2.75, 3.05) is 84.6 Å². The molecule has 2 aliphatic rings. The van der Waals surface area contributed by atoms with Crippen molar-refractivity contribution in [3.63, 3.8) is 0 Å². The first-order valence-electron chi connectivity index (χ1n) is 13.6. The first-order valence-corrected chi connectivity index (χ1v) is 13.6. The van der Waals surface area contributed by atoms with Crippen LogP contribution in [0, 0.1) is 11.8 Å². The van der Waals surface area contributed by atoms with Gasteiger partial charge in [0.25, 0.3) is 0 Å². The van der Waals surface area contributed by atoms with Gasteiger partial charge in [-0.25, -0.2) is 0 Å². The molecule has 0 aromatic carbocycles. The van der Waals surface area contributed by atoms with Gasteiger partial charge in [0.2, 0.25) is 0 Å². The molecule has 0 saturated heterocycles. The average Bonchev–Trinajstić information content (AvgIpc) is 2.72. The summed E-state index contributed by atoms with van der Waals surface area (Å²) in [5, 5.41) is 0. The Morgan fingerprint density at radius 2 is 0.579 bits per heavy atom. The molecule has 2 saturated carbocycles. The lowest BCUT2D eigenvalue weighted by Crippen LogP contribution is -2.22. The molecule has 2 rings (SSSR count). The van der Waals surface area contributed by atoms with Gasteiger partial charge in [0.1, 0.15) is 0 Å². The summed E-state index contributed by atoms with van der Waals surface area (Å²) in [6.07, 6.45) is 22.8. The summed E-state index contributed by atoms with van der Waals surface area (Å²) >= 11 is 0. The highest BCUT2D eigenvalue weighted by Gasteiger charge is 2.28. The lowest BCUT2D eigenvalue weighted by atomic mass is 9.74. The lowest BCUT2D eigenvalue weighted by Gasteiger charge is -2.33. The third-order valence-electron chi connectivity index (χ3n) is 6.40. The van der Waals surface area contributed by atoms with E-state index in [0.717, 1.165) is 25.7 Å². The van der Waals surface area contributed by atoms with Crippen molar-refractivity contribution in [3.8, 4) is 0 Å². The maximum Gasteiger partial charge on any atom is 0.0228 e. The summed E-state index contributed by atoms with van der Waals surface area (Å²) in [5.74, 6) is 0.554. The van der Waals surface area contributed by atoms with Gasteiger partial charge in [0, 0.05) is 96.4 Å². The van der Waals surface area contributed by atoms with Gasteiger partial charge in [-0.2, -0.15) is 0 Å². The van der Waals surface area contributed by atoms with E-state index >= 15 is 0 Å². The highest BCUT2D eigenvalue weighted by Crippen LogP contribution is 2.42. The number of rotatable bonds is 8. The van der Waals surface area contributed by atoms with Crippen molar-refractivity contribution in [1.29, 1.82) is 0 Å². The zero-order valence-electron chi connectivity index (χ0n) is 26.3. The molecule has 0 aromatic rings. The van der Waals surface area contributed by atoms with Gasteiger partial charge in [0.15, 0.2) is 0 Å². The summed E-state index contributed by atoms with van der Waals surface area (Å²) in [6, 6.07) is 0. The van der Waals surface area contributed by atoms with E-state index in [1.54, 1.807) is 0 Å². The summed E-state index contributed by atoms with van der Waals surface area (Å²) in [6.45, 7) is 0. The number of allylic oxidation sites excluding steroid dienone is 8. The topological polar surface area (TPSA) is 19.4 Å². The van der Waals surface area contributed by atoms with Crippen molar-refractivity contribution < 1.29 is 0 Å². The van der Waals surface area contributed by atoms with Gasteiger partial charge >= 0.3 is 0 Å². The molecule has 0 aliphatic heterocycles. The van der Waals surface area contributed by atoms with E-state index in [9.17, 15) is 0 Å². The van der Waals surface area contributed by atoms with Crippen LogP contribution in [0.15, 0.2) is 82.8 Å². The molecule has 0 heterocycles. The van der Waals surface area contributed by atoms with Crippen LogP contribution < -0.4 is 0 Å². The Labute approximate surface area is 234 Å². The summed E-state index contributed by atoms with van der Waals surface area (Å²) in [5.41, 5.74) is 8.69. The predicted octanol–water partition coefficient (Wildman–Crippen LogP) is 5.04. The van der Waals surface area contributed by atoms with E-state index < -0.39 is 0 Å². The van der Waals surface area contributed by atoms with E-state index in [1.165, 1.54) is 33.4 Å². The van der Waals surface area contributed by atoms with Crippen LogP contribution in [-0.2, 0) is 0 Å².